The van der Waals surface area contributed by atoms with Gasteiger partial charge in [0, 0.05) is 11.9 Å². The molecule has 10 heteroatoms. The van der Waals surface area contributed by atoms with Crippen molar-refractivity contribution in [3.05, 3.63) is 35.0 Å². The number of carbonyl (C=O) groups is 3. The molecule has 26 heavy (non-hydrogen) atoms. The van der Waals surface area contributed by atoms with Crippen LogP contribution >= 0.6 is 11.3 Å². The molecule has 140 valence electrons. The molecule has 0 saturated heterocycles. The molecular formula is C16H20N4O5S. The quantitative estimate of drug-likeness (QED) is 0.461. The zero-order chi connectivity index (χ0) is 19.1. The Morgan fingerprint density at radius 1 is 1.42 bits per heavy atom. The van der Waals surface area contributed by atoms with Gasteiger partial charge in [-0.1, -0.05) is 6.08 Å². The molecule has 0 fully saturated rings. The van der Waals surface area contributed by atoms with E-state index in [2.05, 4.69) is 27.5 Å². The number of esters is 2. The van der Waals surface area contributed by atoms with Gasteiger partial charge in [-0.15, -0.1) is 17.9 Å². The third-order valence-corrected chi connectivity index (χ3v) is 4.12. The molecule has 9 nitrogen and oxygen atoms in total. The highest BCUT2D eigenvalue weighted by Crippen LogP contribution is 2.18. The second kappa shape index (κ2) is 8.99. The first-order valence-electron chi connectivity index (χ1n) is 7.91. The monoisotopic (exact) mass is 380 g/mol. The number of hydrogen-bond acceptors (Lipinski definition) is 8. The van der Waals surface area contributed by atoms with Gasteiger partial charge in [-0.2, -0.15) is 0 Å². The SMILES string of the molecule is C=CCNc1nc(C(=O)OCC2=C(C(=O)OCC)[C@H](C)NC(=O)N2)cs1. The van der Waals surface area contributed by atoms with Gasteiger partial charge in [0.2, 0.25) is 0 Å². The van der Waals surface area contributed by atoms with Crippen molar-refractivity contribution in [2.45, 2.75) is 19.9 Å². The maximum atomic E-state index is 12.1. The summed E-state index contributed by atoms with van der Waals surface area (Å²) in [6, 6.07) is -1.05. The zero-order valence-electron chi connectivity index (χ0n) is 14.5. The van der Waals surface area contributed by atoms with Crippen LogP contribution in [-0.2, 0) is 14.3 Å². The number of aromatic nitrogens is 1. The van der Waals surface area contributed by atoms with Crippen molar-refractivity contribution >= 4 is 34.4 Å². The molecule has 2 heterocycles. The summed E-state index contributed by atoms with van der Waals surface area (Å²) in [5.41, 5.74) is 0.535. The third kappa shape index (κ3) is 4.82. The van der Waals surface area contributed by atoms with Gasteiger partial charge in [-0.25, -0.2) is 19.4 Å². The first-order chi connectivity index (χ1) is 12.5. The minimum Gasteiger partial charge on any atom is -0.463 e. The molecule has 0 unspecified atom stereocenters. The molecule has 2 rings (SSSR count). The number of nitrogens with zero attached hydrogens (tertiary/aromatic N) is 1. The summed E-state index contributed by atoms with van der Waals surface area (Å²) in [5, 5.41) is 10.1. The minimum atomic E-state index is -0.663. The van der Waals surface area contributed by atoms with E-state index >= 15 is 0 Å². The number of thiazole rings is 1. The van der Waals surface area contributed by atoms with Crippen molar-refractivity contribution in [2.75, 3.05) is 25.1 Å². The number of urea groups is 1. The second-order valence-electron chi connectivity index (χ2n) is 5.22. The van der Waals surface area contributed by atoms with Gasteiger partial charge in [-0.3, -0.25) is 0 Å². The number of ether oxygens (including phenoxy) is 2. The molecule has 0 bridgehead atoms. The van der Waals surface area contributed by atoms with Gasteiger partial charge in [0.1, 0.15) is 6.61 Å². The normalized spacial score (nSPS) is 16.4. The number of hydrogen-bond donors (Lipinski definition) is 3. The Morgan fingerprint density at radius 3 is 2.88 bits per heavy atom. The maximum absolute atomic E-state index is 12.1. The number of anilines is 1. The lowest BCUT2D eigenvalue weighted by Gasteiger charge is -2.26. The summed E-state index contributed by atoms with van der Waals surface area (Å²) < 4.78 is 10.2. The fourth-order valence-corrected chi connectivity index (χ4v) is 2.90. The van der Waals surface area contributed by atoms with Crippen LogP contribution in [0.4, 0.5) is 9.93 Å². The van der Waals surface area contributed by atoms with Crippen LogP contribution in [0.3, 0.4) is 0 Å². The van der Waals surface area contributed by atoms with Crippen molar-refractivity contribution < 1.29 is 23.9 Å². The molecular weight excluding hydrogens is 360 g/mol. The first-order valence-corrected chi connectivity index (χ1v) is 8.79. The summed E-state index contributed by atoms with van der Waals surface area (Å²) in [7, 11) is 0. The molecule has 1 aromatic heterocycles. The Bertz CT molecular complexity index is 743. The average molecular weight is 380 g/mol. The zero-order valence-corrected chi connectivity index (χ0v) is 15.3. The van der Waals surface area contributed by atoms with Gasteiger partial charge in [0.05, 0.1) is 23.9 Å². The standard InChI is InChI=1S/C16H20N4O5S/c1-4-6-17-16-20-11(8-26-16)13(21)25-7-10-12(14(22)24-5-2)9(3)18-15(23)19-10/h4,8-9H,1,5-7H2,2-3H3,(H,17,20)(H2,18,19,23)/t9-/m0/s1. The summed E-state index contributed by atoms with van der Waals surface area (Å²) in [4.78, 5) is 40.0. The summed E-state index contributed by atoms with van der Waals surface area (Å²) in [6.07, 6.45) is 1.67. The highest BCUT2D eigenvalue weighted by atomic mass is 32.1. The van der Waals surface area contributed by atoms with Gasteiger partial charge in [-0.05, 0) is 13.8 Å². The number of carbonyl (C=O) groups excluding carboxylic acids is 3. The van der Waals surface area contributed by atoms with Gasteiger partial charge < -0.3 is 25.4 Å². The summed E-state index contributed by atoms with van der Waals surface area (Å²) in [5.74, 6) is -1.24. The van der Waals surface area contributed by atoms with E-state index in [1.54, 1.807) is 25.3 Å². The van der Waals surface area contributed by atoms with E-state index in [1.165, 1.54) is 11.3 Å². The number of amides is 2. The van der Waals surface area contributed by atoms with Crippen LogP contribution in [0.5, 0.6) is 0 Å². The molecule has 0 spiro atoms. The second-order valence-corrected chi connectivity index (χ2v) is 6.07. The van der Waals surface area contributed by atoms with E-state index < -0.39 is 24.0 Å². The molecule has 0 radical (unpaired) electrons. The topological polar surface area (TPSA) is 119 Å². The highest BCUT2D eigenvalue weighted by Gasteiger charge is 2.30. The molecule has 1 aliphatic heterocycles. The Hall–Kier alpha value is -2.88. The fourth-order valence-electron chi connectivity index (χ4n) is 2.21. The van der Waals surface area contributed by atoms with Crippen molar-refractivity contribution in [2.24, 2.45) is 0 Å². The van der Waals surface area contributed by atoms with Gasteiger partial charge in [0.25, 0.3) is 0 Å². The van der Waals surface area contributed by atoms with Gasteiger partial charge in [0.15, 0.2) is 10.8 Å². The highest BCUT2D eigenvalue weighted by molar-refractivity contribution is 7.13. The van der Waals surface area contributed by atoms with Crippen LogP contribution in [0.1, 0.15) is 24.3 Å². The van der Waals surface area contributed by atoms with E-state index in [1.807, 2.05) is 0 Å². The van der Waals surface area contributed by atoms with Crippen LogP contribution in [0.2, 0.25) is 0 Å². The molecule has 1 aliphatic rings. The minimum absolute atomic E-state index is 0.133. The summed E-state index contributed by atoms with van der Waals surface area (Å²) in [6.45, 7) is 7.34. The smallest absolute Gasteiger partial charge is 0.358 e. The molecule has 0 aliphatic carbocycles. The number of nitrogens with one attached hydrogen (secondary N) is 3. The lowest BCUT2D eigenvalue weighted by atomic mass is 10.0. The van der Waals surface area contributed by atoms with E-state index in [0.717, 1.165) is 0 Å². The predicted molar refractivity (Wildman–Crippen MR) is 95.9 cm³/mol. The molecule has 2 amide bonds. The first kappa shape index (κ1) is 19.4. The van der Waals surface area contributed by atoms with E-state index in [0.29, 0.717) is 11.7 Å². The predicted octanol–water partition coefficient (Wildman–Crippen LogP) is 1.42. The fraction of sp³-hybridized carbons (Fsp3) is 0.375. The number of rotatable bonds is 8. The lowest BCUT2D eigenvalue weighted by molar-refractivity contribution is -0.139. The van der Waals surface area contributed by atoms with Crippen molar-refractivity contribution in [3.63, 3.8) is 0 Å². The average Bonchev–Trinajstić information content (AvgIpc) is 3.06. The maximum Gasteiger partial charge on any atom is 0.358 e. The molecule has 1 aromatic rings. The third-order valence-electron chi connectivity index (χ3n) is 3.32. The van der Waals surface area contributed by atoms with E-state index in [9.17, 15) is 14.4 Å². The van der Waals surface area contributed by atoms with Gasteiger partial charge >= 0.3 is 18.0 Å². The van der Waals surface area contributed by atoms with Crippen molar-refractivity contribution in [1.29, 1.82) is 0 Å². The Balaban J connectivity index is 2.08. The van der Waals surface area contributed by atoms with E-state index in [-0.39, 0.29) is 30.2 Å². The van der Waals surface area contributed by atoms with Crippen molar-refractivity contribution in [3.8, 4) is 0 Å². The molecule has 0 saturated carbocycles. The van der Waals surface area contributed by atoms with Crippen LogP contribution in [0.15, 0.2) is 29.3 Å². The summed E-state index contributed by atoms with van der Waals surface area (Å²) >= 11 is 1.26. The van der Waals surface area contributed by atoms with E-state index in [4.69, 9.17) is 9.47 Å². The molecule has 3 N–H and O–H groups in total. The molecule has 1 atom stereocenters. The van der Waals surface area contributed by atoms with Crippen LogP contribution in [-0.4, -0.2) is 48.8 Å². The largest absolute Gasteiger partial charge is 0.463 e. The van der Waals surface area contributed by atoms with Crippen LogP contribution < -0.4 is 16.0 Å². The Labute approximate surface area is 154 Å². The molecule has 0 aromatic carbocycles. The Morgan fingerprint density at radius 2 is 2.19 bits per heavy atom. The Kier molecular flexibility index (Phi) is 6.73. The van der Waals surface area contributed by atoms with Crippen LogP contribution in [0, 0.1) is 0 Å². The van der Waals surface area contributed by atoms with Crippen LogP contribution in [0.25, 0.3) is 0 Å². The lowest BCUT2D eigenvalue weighted by Crippen LogP contribution is -2.50. The van der Waals surface area contributed by atoms with Crippen molar-refractivity contribution in [1.82, 2.24) is 15.6 Å².